The van der Waals surface area contributed by atoms with E-state index in [4.69, 9.17) is 5.14 Å². The Morgan fingerprint density at radius 3 is 2.73 bits per heavy atom. The summed E-state index contributed by atoms with van der Waals surface area (Å²) in [4.78, 5) is 3.42. The van der Waals surface area contributed by atoms with E-state index in [1.54, 1.807) is 0 Å². The van der Waals surface area contributed by atoms with Crippen LogP contribution in [-0.2, 0) is 0 Å². The van der Waals surface area contributed by atoms with E-state index < -0.39 is 0 Å². The minimum absolute atomic E-state index is 0.576. The van der Waals surface area contributed by atoms with Crippen molar-refractivity contribution in [1.82, 2.24) is 4.90 Å². The Kier molecular flexibility index (Phi) is 3.02. The van der Waals surface area contributed by atoms with Crippen molar-refractivity contribution < 1.29 is 0 Å². The summed E-state index contributed by atoms with van der Waals surface area (Å²) in [6, 6.07) is 0.576. The maximum atomic E-state index is 5.40. The normalized spacial score (nSPS) is 17.5. The van der Waals surface area contributed by atoms with E-state index in [0.29, 0.717) is 6.04 Å². The number of hydrogen-bond donors (Lipinski definition) is 1. The van der Waals surface area contributed by atoms with Crippen molar-refractivity contribution in [3.05, 3.63) is 23.3 Å². The van der Waals surface area contributed by atoms with Gasteiger partial charge < -0.3 is 4.90 Å². The van der Waals surface area contributed by atoms with Crippen LogP contribution in [0.1, 0.15) is 13.8 Å². The van der Waals surface area contributed by atoms with Crippen LogP contribution in [0.2, 0.25) is 0 Å². The van der Waals surface area contributed by atoms with Crippen LogP contribution in [0.3, 0.4) is 0 Å². The molecule has 0 aliphatic carbocycles. The van der Waals surface area contributed by atoms with Gasteiger partial charge in [-0.2, -0.15) is 0 Å². The summed E-state index contributed by atoms with van der Waals surface area (Å²) in [5.41, 5.74) is 0. The van der Waals surface area contributed by atoms with E-state index in [1.165, 1.54) is 11.9 Å². The highest BCUT2D eigenvalue weighted by molar-refractivity contribution is 8.01. The standard InChI is InChI=1S/C8H14N2S/c1-7(2)10-5-3-8(11-9)4-6-10/h3-5,7H,6,9H2,1-2H3. The topological polar surface area (TPSA) is 29.3 Å². The van der Waals surface area contributed by atoms with Crippen LogP contribution < -0.4 is 5.14 Å². The highest BCUT2D eigenvalue weighted by atomic mass is 32.2. The minimum Gasteiger partial charge on any atom is -0.371 e. The number of nitrogens with two attached hydrogens (primary N) is 1. The van der Waals surface area contributed by atoms with Crippen LogP contribution in [0, 0.1) is 0 Å². The summed E-state index contributed by atoms with van der Waals surface area (Å²) in [6.07, 6.45) is 6.29. The van der Waals surface area contributed by atoms with Crippen LogP contribution in [-0.4, -0.2) is 17.5 Å². The molecule has 62 valence electrons. The quantitative estimate of drug-likeness (QED) is 0.640. The molecule has 0 aromatic carbocycles. The summed E-state index contributed by atoms with van der Waals surface area (Å²) >= 11 is 1.31. The molecule has 2 N–H and O–H groups in total. The lowest BCUT2D eigenvalue weighted by Gasteiger charge is -2.25. The zero-order valence-electron chi connectivity index (χ0n) is 6.95. The van der Waals surface area contributed by atoms with Gasteiger partial charge in [0.15, 0.2) is 0 Å². The Labute approximate surface area is 72.3 Å². The van der Waals surface area contributed by atoms with Crippen molar-refractivity contribution in [3.8, 4) is 0 Å². The van der Waals surface area contributed by atoms with Crippen LogP contribution in [0.25, 0.3) is 0 Å². The molecule has 0 radical (unpaired) electrons. The van der Waals surface area contributed by atoms with Gasteiger partial charge in [-0.3, -0.25) is 5.14 Å². The first-order valence-electron chi connectivity index (χ1n) is 3.75. The average molecular weight is 170 g/mol. The Balaban J connectivity index is 2.50. The number of rotatable bonds is 2. The van der Waals surface area contributed by atoms with Gasteiger partial charge in [-0.05, 0) is 31.9 Å². The van der Waals surface area contributed by atoms with Gasteiger partial charge in [0.25, 0.3) is 0 Å². The molecule has 0 fully saturated rings. The van der Waals surface area contributed by atoms with Crippen LogP contribution >= 0.6 is 11.9 Å². The molecule has 0 atom stereocenters. The fraction of sp³-hybridized carbons (Fsp3) is 0.500. The predicted molar refractivity (Wildman–Crippen MR) is 50.8 cm³/mol. The van der Waals surface area contributed by atoms with E-state index in [2.05, 4.69) is 31.0 Å². The van der Waals surface area contributed by atoms with E-state index in [0.717, 1.165) is 11.4 Å². The zero-order valence-corrected chi connectivity index (χ0v) is 7.77. The van der Waals surface area contributed by atoms with Crippen molar-refractivity contribution in [3.63, 3.8) is 0 Å². The Bertz CT molecular complexity index is 185. The maximum absolute atomic E-state index is 5.40. The van der Waals surface area contributed by atoms with Crippen molar-refractivity contribution in [2.75, 3.05) is 6.54 Å². The summed E-state index contributed by atoms with van der Waals surface area (Å²) in [5.74, 6) is 0. The Hall–Kier alpha value is -0.410. The molecule has 0 aromatic rings. The molecule has 1 aliphatic rings. The number of nitrogens with zero attached hydrogens (tertiary/aromatic N) is 1. The molecule has 1 aliphatic heterocycles. The minimum atomic E-state index is 0.576. The van der Waals surface area contributed by atoms with Gasteiger partial charge in [-0.1, -0.05) is 6.08 Å². The fourth-order valence-corrected chi connectivity index (χ4v) is 1.27. The fourth-order valence-electron chi connectivity index (χ4n) is 0.964. The second kappa shape index (κ2) is 3.83. The summed E-state index contributed by atoms with van der Waals surface area (Å²) in [6.45, 7) is 5.34. The van der Waals surface area contributed by atoms with E-state index in [9.17, 15) is 0 Å². The smallest absolute Gasteiger partial charge is 0.0371 e. The van der Waals surface area contributed by atoms with Gasteiger partial charge in [0.1, 0.15) is 0 Å². The van der Waals surface area contributed by atoms with Crippen molar-refractivity contribution in [2.45, 2.75) is 19.9 Å². The third-order valence-electron chi connectivity index (χ3n) is 1.73. The van der Waals surface area contributed by atoms with Crippen LogP contribution in [0.5, 0.6) is 0 Å². The lowest BCUT2D eigenvalue weighted by Crippen LogP contribution is -2.26. The largest absolute Gasteiger partial charge is 0.371 e. The molecule has 3 heteroatoms. The predicted octanol–water partition coefficient (Wildman–Crippen LogP) is 1.71. The Morgan fingerprint density at radius 1 is 1.64 bits per heavy atom. The molecule has 11 heavy (non-hydrogen) atoms. The van der Waals surface area contributed by atoms with Crippen molar-refractivity contribution >= 4 is 11.9 Å². The molecule has 2 nitrogen and oxygen atoms in total. The average Bonchev–Trinajstić information content (AvgIpc) is 2.05. The van der Waals surface area contributed by atoms with Gasteiger partial charge in [0.05, 0.1) is 0 Å². The van der Waals surface area contributed by atoms with E-state index >= 15 is 0 Å². The van der Waals surface area contributed by atoms with E-state index in [1.807, 2.05) is 6.08 Å². The summed E-state index contributed by atoms with van der Waals surface area (Å²) in [7, 11) is 0. The highest BCUT2D eigenvalue weighted by Crippen LogP contribution is 2.15. The van der Waals surface area contributed by atoms with Gasteiger partial charge in [0.2, 0.25) is 0 Å². The molecule has 0 saturated carbocycles. The molecule has 0 aromatic heterocycles. The first-order valence-corrected chi connectivity index (χ1v) is 4.63. The van der Waals surface area contributed by atoms with E-state index in [-0.39, 0.29) is 0 Å². The van der Waals surface area contributed by atoms with Gasteiger partial charge in [0, 0.05) is 23.7 Å². The summed E-state index contributed by atoms with van der Waals surface area (Å²) < 4.78 is 0. The molecular formula is C8H14N2S. The third-order valence-corrected chi connectivity index (χ3v) is 2.31. The number of hydrogen-bond acceptors (Lipinski definition) is 3. The molecule has 0 unspecified atom stereocenters. The van der Waals surface area contributed by atoms with Crippen molar-refractivity contribution in [1.29, 1.82) is 0 Å². The molecule has 0 amide bonds. The summed E-state index contributed by atoms with van der Waals surface area (Å²) in [5, 5.41) is 5.40. The lowest BCUT2D eigenvalue weighted by atomic mass is 10.3. The van der Waals surface area contributed by atoms with Gasteiger partial charge in [-0.15, -0.1) is 0 Å². The lowest BCUT2D eigenvalue weighted by molar-refractivity contribution is 0.339. The third kappa shape index (κ3) is 2.27. The monoisotopic (exact) mass is 170 g/mol. The van der Waals surface area contributed by atoms with Gasteiger partial charge >= 0.3 is 0 Å². The molecule has 0 spiro atoms. The Morgan fingerprint density at radius 2 is 2.36 bits per heavy atom. The molecule has 1 heterocycles. The first-order chi connectivity index (χ1) is 5.24. The molecular weight excluding hydrogens is 156 g/mol. The van der Waals surface area contributed by atoms with Crippen LogP contribution in [0.4, 0.5) is 0 Å². The van der Waals surface area contributed by atoms with Gasteiger partial charge in [-0.25, -0.2) is 0 Å². The number of allylic oxidation sites excluding steroid dienone is 1. The molecule has 0 saturated heterocycles. The van der Waals surface area contributed by atoms with Crippen LogP contribution in [0.15, 0.2) is 23.3 Å². The second-order valence-corrected chi connectivity index (χ2v) is 3.54. The molecule has 0 bridgehead atoms. The molecule has 1 rings (SSSR count). The highest BCUT2D eigenvalue weighted by Gasteiger charge is 2.06. The second-order valence-electron chi connectivity index (χ2n) is 2.83. The zero-order chi connectivity index (χ0) is 8.27. The first kappa shape index (κ1) is 8.68. The maximum Gasteiger partial charge on any atom is 0.0371 e. The van der Waals surface area contributed by atoms with Crippen molar-refractivity contribution in [2.24, 2.45) is 5.14 Å². The SMILES string of the molecule is CC(C)N1C=CC(SN)=CC1.